The van der Waals surface area contributed by atoms with Crippen LogP contribution in [0.5, 0.6) is 6.01 Å². The predicted molar refractivity (Wildman–Crippen MR) is 177 cm³/mol. The number of likely N-dealkylation sites (N-methyl/N-ethyl adjacent to an activating group) is 1. The highest BCUT2D eigenvalue weighted by atomic mass is 16.6. The summed E-state index contributed by atoms with van der Waals surface area (Å²) in [6, 6.07) is 18.9. The van der Waals surface area contributed by atoms with Crippen LogP contribution in [0.2, 0.25) is 0 Å². The Hall–Kier alpha value is -4.14. The Labute approximate surface area is 263 Å². The van der Waals surface area contributed by atoms with Crippen LogP contribution in [0.15, 0.2) is 60.8 Å². The van der Waals surface area contributed by atoms with Gasteiger partial charge in [-0.2, -0.15) is 4.98 Å². The van der Waals surface area contributed by atoms with Gasteiger partial charge in [0.2, 0.25) is 0 Å². The van der Waals surface area contributed by atoms with E-state index in [1.54, 1.807) is 18.1 Å². The number of aryl methyl sites for hydroxylation is 1. The quantitative estimate of drug-likeness (QED) is 0.261. The number of hydrogen-bond donors (Lipinski definition) is 0. The molecule has 2 aromatic carbocycles. The third-order valence-electron chi connectivity index (χ3n) is 7.44. The van der Waals surface area contributed by atoms with Gasteiger partial charge in [-0.15, -0.1) is 0 Å². The number of anilines is 2. The number of carbonyl (C=O) groups excluding carboxylic acids is 2. The van der Waals surface area contributed by atoms with Crippen LogP contribution in [0, 0.1) is 0 Å². The summed E-state index contributed by atoms with van der Waals surface area (Å²) in [4.78, 5) is 38.8. The standard InChI is InChI=1S/C19H24N4O2.C16H25NO2/c1-4-5-7-14-8-6-9-15(12-14)23-11-10-22(2)17-16(18(23)24)13-20-19(21-17)25-3;1-13(14-9-7-6-8-10-14)11-12-17(5)15(18)19-16(2,3)4/h6,8-9,12-13H,4-5,7,10-11H2,1-3H3;6-10,13H,11-12H2,1-5H3. The molecule has 0 radical (unpaired) electrons. The molecule has 9 heteroatoms. The summed E-state index contributed by atoms with van der Waals surface area (Å²) in [6.07, 6.45) is 5.57. The summed E-state index contributed by atoms with van der Waals surface area (Å²) in [5, 5.41) is 0. The molecule has 1 aliphatic rings. The maximum atomic E-state index is 13.1. The van der Waals surface area contributed by atoms with Crippen LogP contribution in [0.25, 0.3) is 0 Å². The van der Waals surface area contributed by atoms with Gasteiger partial charge in [0.05, 0.1) is 7.11 Å². The average molecular weight is 604 g/mol. The number of carbonyl (C=O) groups is 2. The molecule has 0 aliphatic carbocycles. The Kier molecular flexibility index (Phi) is 12.6. The van der Waals surface area contributed by atoms with Gasteiger partial charge in [-0.1, -0.05) is 62.7 Å². The van der Waals surface area contributed by atoms with Gasteiger partial charge in [-0.25, -0.2) is 9.78 Å². The maximum Gasteiger partial charge on any atom is 0.410 e. The number of benzene rings is 2. The van der Waals surface area contributed by atoms with Crippen LogP contribution in [-0.2, 0) is 11.2 Å². The lowest BCUT2D eigenvalue weighted by Gasteiger charge is -2.25. The van der Waals surface area contributed by atoms with Gasteiger partial charge >= 0.3 is 12.1 Å². The fraction of sp³-hybridized carbons (Fsp3) is 0.486. The molecule has 1 atom stereocenters. The van der Waals surface area contributed by atoms with Crippen molar-refractivity contribution < 1.29 is 19.1 Å². The summed E-state index contributed by atoms with van der Waals surface area (Å²) in [6.45, 7) is 12.0. The Morgan fingerprint density at radius 1 is 1.09 bits per heavy atom. The van der Waals surface area contributed by atoms with Crippen molar-refractivity contribution in [2.75, 3.05) is 50.6 Å². The van der Waals surface area contributed by atoms with E-state index in [1.807, 2.05) is 68.0 Å². The van der Waals surface area contributed by atoms with Gasteiger partial charge in [0.25, 0.3) is 5.91 Å². The molecular formula is C35H49N5O4. The zero-order chi connectivity index (χ0) is 32.3. The second kappa shape index (κ2) is 16.1. The van der Waals surface area contributed by atoms with Crippen LogP contribution in [0.3, 0.4) is 0 Å². The summed E-state index contributed by atoms with van der Waals surface area (Å²) >= 11 is 0. The van der Waals surface area contributed by atoms with Crippen molar-refractivity contribution >= 4 is 23.5 Å². The predicted octanol–water partition coefficient (Wildman–Crippen LogP) is 6.97. The summed E-state index contributed by atoms with van der Waals surface area (Å²) in [7, 11) is 5.24. The largest absolute Gasteiger partial charge is 0.467 e. The topological polar surface area (TPSA) is 88.1 Å². The number of hydrogen-bond acceptors (Lipinski definition) is 7. The molecule has 0 fully saturated rings. The van der Waals surface area contributed by atoms with Crippen molar-refractivity contribution in [3.8, 4) is 6.01 Å². The molecule has 4 rings (SSSR count). The normalized spacial score (nSPS) is 13.7. The molecular weight excluding hydrogens is 554 g/mol. The van der Waals surface area contributed by atoms with Crippen LogP contribution in [0.4, 0.5) is 16.3 Å². The third-order valence-corrected chi connectivity index (χ3v) is 7.44. The Bertz CT molecular complexity index is 1360. The van der Waals surface area contributed by atoms with Gasteiger partial charge in [-0.3, -0.25) is 4.79 Å². The molecule has 0 bridgehead atoms. The minimum absolute atomic E-state index is 0.0744. The summed E-state index contributed by atoms with van der Waals surface area (Å²) in [5.74, 6) is 0.974. The van der Waals surface area contributed by atoms with E-state index >= 15 is 0 Å². The van der Waals surface area contributed by atoms with E-state index in [-0.39, 0.29) is 18.0 Å². The van der Waals surface area contributed by atoms with Gasteiger partial charge in [0.15, 0.2) is 0 Å². The van der Waals surface area contributed by atoms with E-state index in [2.05, 4.69) is 48.1 Å². The first-order valence-electron chi connectivity index (χ1n) is 15.5. The number of unbranched alkanes of at least 4 members (excludes halogenated alkanes) is 1. The zero-order valence-corrected chi connectivity index (χ0v) is 27.7. The number of rotatable bonds is 9. The van der Waals surface area contributed by atoms with Crippen LogP contribution < -0.4 is 14.5 Å². The molecule has 0 saturated heterocycles. The van der Waals surface area contributed by atoms with Crippen molar-refractivity contribution in [1.29, 1.82) is 0 Å². The molecule has 1 unspecified atom stereocenters. The Morgan fingerprint density at radius 3 is 2.48 bits per heavy atom. The Morgan fingerprint density at radius 2 is 1.82 bits per heavy atom. The van der Waals surface area contributed by atoms with Crippen molar-refractivity contribution in [1.82, 2.24) is 14.9 Å². The van der Waals surface area contributed by atoms with Gasteiger partial charge in [0, 0.05) is 45.6 Å². The van der Waals surface area contributed by atoms with Crippen LogP contribution in [0.1, 0.15) is 81.3 Å². The maximum absolute atomic E-state index is 13.1. The van der Waals surface area contributed by atoms with E-state index in [1.165, 1.54) is 18.2 Å². The van der Waals surface area contributed by atoms with Crippen molar-refractivity contribution in [3.63, 3.8) is 0 Å². The highest BCUT2D eigenvalue weighted by Crippen LogP contribution is 2.27. The first-order valence-corrected chi connectivity index (χ1v) is 15.5. The molecule has 0 spiro atoms. The first-order chi connectivity index (χ1) is 20.9. The lowest BCUT2D eigenvalue weighted by Crippen LogP contribution is -2.35. The van der Waals surface area contributed by atoms with E-state index in [9.17, 15) is 9.59 Å². The molecule has 238 valence electrons. The lowest BCUT2D eigenvalue weighted by atomic mass is 9.98. The van der Waals surface area contributed by atoms with Gasteiger partial charge < -0.3 is 24.2 Å². The highest BCUT2D eigenvalue weighted by Gasteiger charge is 2.28. The SMILES string of the molecule is CC(CCN(C)C(=O)OC(C)(C)C)c1ccccc1.CCCCc1cccc(N2CCN(C)c3nc(OC)ncc3C2=O)c1. The number of nitrogens with zero attached hydrogens (tertiary/aromatic N) is 5. The number of fused-ring (bicyclic) bond motifs is 1. The van der Waals surface area contributed by atoms with Crippen molar-refractivity contribution in [2.45, 2.75) is 71.8 Å². The molecule has 1 aromatic heterocycles. The van der Waals surface area contributed by atoms with Crippen molar-refractivity contribution in [2.24, 2.45) is 0 Å². The number of aromatic nitrogens is 2. The monoisotopic (exact) mass is 603 g/mol. The molecule has 44 heavy (non-hydrogen) atoms. The Balaban J connectivity index is 0.000000251. The second-order valence-electron chi connectivity index (χ2n) is 12.2. The van der Waals surface area contributed by atoms with Crippen molar-refractivity contribution in [3.05, 3.63) is 77.5 Å². The molecule has 1 aliphatic heterocycles. The highest BCUT2D eigenvalue weighted by molar-refractivity contribution is 6.09. The van der Waals surface area contributed by atoms with Gasteiger partial charge in [0.1, 0.15) is 17.0 Å². The summed E-state index contributed by atoms with van der Waals surface area (Å²) < 4.78 is 10.4. The molecule has 0 N–H and O–H groups in total. The van der Waals surface area contributed by atoms with Gasteiger partial charge in [-0.05, 0) is 69.2 Å². The van der Waals surface area contributed by atoms with Crippen LogP contribution in [-0.4, -0.2) is 73.3 Å². The average Bonchev–Trinajstić information content (AvgIpc) is 3.13. The zero-order valence-electron chi connectivity index (χ0n) is 27.7. The summed E-state index contributed by atoms with van der Waals surface area (Å²) in [5.41, 5.74) is 3.56. The smallest absolute Gasteiger partial charge is 0.410 e. The number of methoxy groups -OCH3 is 1. The number of amides is 2. The molecule has 0 saturated carbocycles. The van der Waals surface area contributed by atoms with E-state index in [0.717, 1.165) is 31.4 Å². The number of ether oxygens (including phenoxy) is 2. The van der Waals surface area contributed by atoms with Crippen LogP contribution >= 0.6 is 0 Å². The lowest BCUT2D eigenvalue weighted by molar-refractivity contribution is 0.0295. The van der Waals surface area contributed by atoms with E-state index < -0.39 is 5.60 Å². The second-order valence-corrected chi connectivity index (χ2v) is 12.2. The molecule has 9 nitrogen and oxygen atoms in total. The minimum Gasteiger partial charge on any atom is -0.467 e. The molecule has 2 amide bonds. The third kappa shape index (κ3) is 9.96. The fourth-order valence-electron chi connectivity index (χ4n) is 4.77. The van der Waals surface area contributed by atoms with E-state index in [0.29, 0.717) is 36.9 Å². The molecule has 3 aromatic rings. The molecule has 2 heterocycles. The first kappa shape index (κ1) is 34.4. The van der Waals surface area contributed by atoms with E-state index in [4.69, 9.17) is 9.47 Å². The fourth-order valence-corrected chi connectivity index (χ4v) is 4.77. The minimum atomic E-state index is -0.434.